The molecule has 170 valence electrons. The van der Waals surface area contributed by atoms with E-state index in [0.29, 0.717) is 25.9 Å². The van der Waals surface area contributed by atoms with Gasteiger partial charge in [-0.3, -0.25) is 9.59 Å². The molecule has 0 radical (unpaired) electrons. The van der Waals surface area contributed by atoms with Gasteiger partial charge >= 0.3 is 0 Å². The fourth-order valence-electron chi connectivity index (χ4n) is 5.01. The molecule has 2 amide bonds. The topological polar surface area (TPSA) is 58.6 Å². The highest BCUT2D eigenvalue weighted by Crippen LogP contribution is 2.48. The average molecular weight is 435 g/mol. The van der Waals surface area contributed by atoms with Gasteiger partial charge in [-0.15, -0.1) is 0 Å². The molecule has 1 saturated carbocycles. The van der Waals surface area contributed by atoms with E-state index in [2.05, 4.69) is 36.5 Å². The molecule has 2 aromatic rings. The number of nitrogens with one attached hydrogen (secondary N) is 1. The summed E-state index contributed by atoms with van der Waals surface area (Å²) in [5.41, 5.74) is 2.27. The van der Waals surface area contributed by atoms with Crippen LogP contribution in [0.3, 0.4) is 0 Å². The van der Waals surface area contributed by atoms with Crippen LogP contribution in [0.25, 0.3) is 0 Å². The lowest BCUT2D eigenvalue weighted by molar-refractivity contribution is -0.143. The normalized spacial score (nSPS) is 21.8. The first kappa shape index (κ1) is 22.4. The summed E-state index contributed by atoms with van der Waals surface area (Å²) < 4.78 is 5.63. The van der Waals surface area contributed by atoms with Crippen molar-refractivity contribution >= 4 is 11.8 Å². The SMILES string of the molecule is CCCCN1C(=O)CCC(C(=O)NCC2(c3ccccc3)CC2)C1c1ccccc1OC. The Labute approximate surface area is 191 Å². The summed E-state index contributed by atoms with van der Waals surface area (Å²) >= 11 is 0. The number of nitrogens with zero attached hydrogens (tertiary/aromatic N) is 1. The molecule has 2 aliphatic rings. The summed E-state index contributed by atoms with van der Waals surface area (Å²) in [5, 5.41) is 3.26. The number of methoxy groups -OCH3 is 1. The number of ether oxygens (including phenoxy) is 1. The number of likely N-dealkylation sites (tertiary alicyclic amines) is 1. The average Bonchev–Trinajstić information content (AvgIpc) is 3.63. The Bertz CT molecular complexity index is 939. The van der Waals surface area contributed by atoms with Crippen LogP contribution in [0, 0.1) is 5.92 Å². The number of benzene rings is 2. The molecule has 1 aliphatic heterocycles. The number of amides is 2. The van der Waals surface area contributed by atoms with Crippen molar-refractivity contribution in [2.75, 3.05) is 20.2 Å². The Morgan fingerprint density at radius 2 is 1.84 bits per heavy atom. The van der Waals surface area contributed by atoms with Crippen molar-refractivity contribution in [3.63, 3.8) is 0 Å². The van der Waals surface area contributed by atoms with Gasteiger partial charge in [0.2, 0.25) is 11.8 Å². The predicted octanol–water partition coefficient (Wildman–Crippen LogP) is 4.62. The van der Waals surface area contributed by atoms with Crippen LogP contribution in [0.1, 0.15) is 62.6 Å². The van der Waals surface area contributed by atoms with Crippen molar-refractivity contribution in [1.82, 2.24) is 10.2 Å². The second-order valence-electron chi connectivity index (χ2n) is 9.14. The third-order valence-electron chi connectivity index (χ3n) is 7.09. The lowest BCUT2D eigenvalue weighted by Gasteiger charge is -2.41. The first-order valence-electron chi connectivity index (χ1n) is 11.9. The molecule has 1 N–H and O–H groups in total. The highest BCUT2D eigenvalue weighted by Gasteiger charge is 2.46. The van der Waals surface area contributed by atoms with Gasteiger partial charge < -0.3 is 15.0 Å². The van der Waals surface area contributed by atoms with E-state index in [1.54, 1.807) is 7.11 Å². The van der Waals surface area contributed by atoms with Crippen LogP contribution < -0.4 is 10.1 Å². The molecule has 5 nitrogen and oxygen atoms in total. The molecule has 5 heteroatoms. The molecule has 2 atom stereocenters. The predicted molar refractivity (Wildman–Crippen MR) is 125 cm³/mol. The fourth-order valence-corrected chi connectivity index (χ4v) is 5.01. The minimum Gasteiger partial charge on any atom is -0.496 e. The largest absolute Gasteiger partial charge is 0.496 e. The molecule has 2 unspecified atom stereocenters. The summed E-state index contributed by atoms with van der Waals surface area (Å²) in [7, 11) is 1.64. The number of unbranched alkanes of at least 4 members (excludes halogenated alkanes) is 1. The number of piperidine rings is 1. The molecule has 0 aromatic heterocycles. The number of rotatable bonds is 9. The van der Waals surface area contributed by atoms with Gasteiger partial charge in [-0.25, -0.2) is 0 Å². The van der Waals surface area contributed by atoms with Crippen LogP contribution in [0.15, 0.2) is 54.6 Å². The number of hydrogen-bond acceptors (Lipinski definition) is 3. The first-order chi connectivity index (χ1) is 15.6. The Kier molecular flexibility index (Phi) is 6.83. The number of para-hydroxylation sites is 1. The molecule has 1 heterocycles. The Morgan fingerprint density at radius 1 is 1.12 bits per heavy atom. The van der Waals surface area contributed by atoms with E-state index >= 15 is 0 Å². The van der Waals surface area contributed by atoms with E-state index in [9.17, 15) is 9.59 Å². The quantitative estimate of drug-likeness (QED) is 0.626. The number of carbonyl (C=O) groups is 2. The molecule has 0 bridgehead atoms. The summed E-state index contributed by atoms with van der Waals surface area (Å²) in [6, 6.07) is 18.0. The molecule has 4 rings (SSSR count). The fraction of sp³-hybridized carbons (Fsp3) is 0.481. The van der Waals surface area contributed by atoms with Crippen LogP contribution in [0.2, 0.25) is 0 Å². The van der Waals surface area contributed by atoms with Crippen molar-refractivity contribution in [3.8, 4) is 5.75 Å². The van der Waals surface area contributed by atoms with Gasteiger partial charge in [-0.05, 0) is 37.3 Å². The van der Waals surface area contributed by atoms with Crippen molar-refractivity contribution in [2.24, 2.45) is 5.92 Å². The molecule has 0 spiro atoms. The monoisotopic (exact) mass is 434 g/mol. The maximum Gasteiger partial charge on any atom is 0.225 e. The highest BCUT2D eigenvalue weighted by molar-refractivity contribution is 5.85. The third-order valence-corrected chi connectivity index (χ3v) is 7.09. The zero-order chi connectivity index (χ0) is 22.6. The molecule has 32 heavy (non-hydrogen) atoms. The third kappa shape index (κ3) is 4.52. The van der Waals surface area contributed by atoms with Crippen molar-refractivity contribution < 1.29 is 14.3 Å². The summed E-state index contributed by atoms with van der Waals surface area (Å²) in [4.78, 5) is 28.4. The number of carbonyl (C=O) groups excluding carboxylic acids is 2. The standard InChI is InChI=1S/C27H34N2O3/c1-3-4-18-29-24(30)15-14-22(25(29)21-12-8-9-13-23(21)32-2)26(31)28-19-27(16-17-27)20-10-6-5-7-11-20/h5-13,22,25H,3-4,14-19H2,1-2H3,(H,28,31). The summed E-state index contributed by atoms with van der Waals surface area (Å²) in [6.07, 6.45) is 5.09. The summed E-state index contributed by atoms with van der Waals surface area (Å²) in [5.74, 6) is 0.611. The van der Waals surface area contributed by atoms with E-state index in [0.717, 1.165) is 37.0 Å². The van der Waals surface area contributed by atoms with Crippen molar-refractivity contribution in [1.29, 1.82) is 0 Å². The van der Waals surface area contributed by atoms with E-state index in [-0.39, 0.29) is 29.2 Å². The van der Waals surface area contributed by atoms with E-state index in [4.69, 9.17) is 4.74 Å². The zero-order valence-electron chi connectivity index (χ0n) is 19.2. The van der Waals surface area contributed by atoms with E-state index < -0.39 is 0 Å². The van der Waals surface area contributed by atoms with Gasteiger partial charge in [0, 0.05) is 30.5 Å². The second-order valence-corrected chi connectivity index (χ2v) is 9.14. The van der Waals surface area contributed by atoms with Gasteiger partial charge in [-0.1, -0.05) is 61.9 Å². The maximum absolute atomic E-state index is 13.5. The van der Waals surface area contributed by atoms with E-state index in [1.807, 2.05) is 35.2 Å². The Balaban J connectivity index is 1.57. The maximum atomic E-state index is 13.5. The van der Waals surface area contributed by atoms with Crippen molar-refractivity contribution in [2.45, 2.75) is 56.9 Å². The highest BCUT2D eigenvalue weighted by atomic mass is 16.5. The van der Waals surface area contributed by atoms with E-state index in [1.165, 1.54) is 5.56 Å². The van der Waals surface area contributed by atoms with Crippen LogP contribution in [-0.2, 0) is 15.0 Å². The first-order valence-corrected chi connectivity index (χ1v) is 11.9. The minimum absolute atomic E-state index is 0.0390. The molecular weight excluding hydrogens is 400 g/mol. The Hall–Kier alpha value is -2.82. The minimum atomic E-state index is -0.300. The van der Waals surface area contributed by atoms with Gasteiger partial charge in [-0.2, -0.15) is 0 Å². The smallest absolute Gasteiger partial charge is 0.225 e. The zero-order valence-corrected chi connectivity index (χ0v) is 19.2. The molecule has 2 fully saturated rings. The van der Waals surface area contributed by atoms with Crippen LogP contribution in [-0.4, -0.2) is 36.9 Å². The molecule has 2 aromatic carbocycles. The van der Waals surface area contributed by atoms with Crippen LogP contribution in [0.5, 0.6) is 5.75 Å². The summed E-state index contributed by atoms with van der Waals surface area (Å²) in [6.45, 7) is 3.43. The number of hydrogen-bond donors (Lipinski definition) is 1. The second kappa shape index (κ2) is 9.76. The van der Waals surface area contributed by atoms with Crippen molar-refractivity contribution in [3.05, 3.63) is 65.7 Å². The lowest BCUT2D eigenvalue weighted by Crippen LogP contribution is -2.49. The lowest BCUT2D eigenvalue weighted by atomic mass is 9.82. The van der Waals surface area contributed by atoms with Gasteiger partial charge in [0.25, 0.3) is 0 Å². The van der Waals surface area contributed by atoms with Crippen LogP contribution >= 0.6 is 0 Å². The van der Waals surface area contributed by atoms with Crippen LogP contribution in [0.4, 0.5) is 0 Å². The molecule has 1 aliphatic carbocycles. The van der Waals surface area contributed by atoms with Gasteiger partial charge in [0.1, 0.15) is 5.75 Å². The van der Waals surface area contributed by atoms with Gasteiger partial charge in [0.05, 0.1) is 19.1 Å². The molecular formula is C27H34N2O3. The molecule has 1 saturated heterocycles. The van der Waals surface area contributed by atoms with Gasteiger partial charge in [0.15, 0.2) is 0 Å². The Morgan fingerprint density at radius 3 is 2.53 bits per heavy atom.